The number of carbonyl (C=O) groups is 1. The molecular formula is C24H29ClN6O. The fourth-order valence-electron chi connectivity index (χ4n) is 4.17. The van der Waals surface area contributed by atoms with Gasteiger partial charge in [0.2, 0.25) is 11.9 Å². The Balaban J connectivity index is 1.51. The van der Waals surface area contributed by atoms with Gasteiger partial charge in [-0.2, -0.15) is 5.10 Å². The van der Waals surface area contributed by atoms with E-state index in [4.69, 9.17) is 16.6 Å². The highest BCUT2D eigenvalue weighted by molar-refractivity contribution is 6.30. The van der Waals surface area contributed by atoms with Crippen LogP contribution in [0.5, 0.6) is 0 Å². The summed E-state index contributed by atoms with van der Waals surface area (Å²) in [6.45, 7) is 2.25. The van der Waals surface area contributed by atoms with Gasteiger partial charge in [-0.05, 0) is 43.0 Å². The maximum atomic E-state index is 12.9. The van der Waals surface area contributed by atoms with Gasteiger partial charge in [-0.25, -0.2) is 9.97 Å². The summed E-state index contributed by atoms with van der Waals surface area (Å²) in [5.74, 6) is 1.06. The largest absolute Gasteiger partial charge is 0.347 e. The molecule has 0 radical (unpaired) electrons. The van der Waals surface area contributed by atoms with Crippen LogP contribution in [0.3, 0.4) is 0 Å². The first-order chi connectivity index (χ1) is 15.5. The van der Waals surface area contributed by atoms with E-state index in [-0.39, 0.29) is 11.8 Å². The average Bonchev–Trinajstić information content (AvgIpc) is 3.33. The Morgan fingerprint density at radius 3 is 2.78 bits per heavy atom. The first-order valence-electron chi connectivity index (χ1n) is 11.1. The maximum Gasteiger partial charge on any atom is 0.225 e. The molecular weight excluding hydrogens is 424 g/mol. The van der Waals surface area contributed by atoms with Crippen molar-refractivity contribution in [1.29, 1.82) is 0 Å². The van der Waals surface area contributed by atoms with E-state index >= 15 is 0 Å². The Bertz CT molecular complexity index is 1040. The summed E-state index contributed by atoms with van der Waals surface area (Å²) >= 11 is 6.10. The Labute approximate surface area is 194 Å². The zero-order chi connectivity index (χ0) is 22.5. The van der Waals surface area contributed by atoms with Gasteiger partial charge in [0, 0.05) is 75.2 Å². The summed E-state index contributed by atoms with van der Waals surface area (Å²) in [5.41, 5.74) is 3.04. The molecule has 0 bridgehead atoms. The van der Waals surface area contributed by atoms with Crippen LogP contribution in [0, 0.1) is 0 Å². The Hall–Kier alpha value is -2.93. The van der Waals surface area contributed by atoms with E-state index in [9.17, 15) is 4.79 Å². The van der Waals surface area contributed by atoms with Gasteiger partial charge < -0.3 is 9.80 Å². The summed E-state index contributed by atoms with van der Waals surface area (Å²) in [6.07, 6.45) is 8.87. The van der Waals surface area contributed by atoms with Crippen molar-refractivity contribution in [3.8, 4) is 11.1 Å². The SMILES string of the molecule is CN(C)c1ncc(-c2ccc(Cl)cc2)c([C@H]2CCCN(C(=O)CCCn3cccn3)C2)n1. The zero-order valence-electron chi connectivity index (χ0n) is 18.6. The van der Waals surface area contributed by atoms with E-state index < -0.39 is 0 Å². The molecule has 4 rings (SSSR count). The van der Waals surface area contributed by atoms with E-state index in [2.05, 4.69) is 10.1 Å². The van der Waals surface area contributed by atoms with E-state index in [0.717, 1.165) is 49.2 Å². The lowest BCUT2D eigenvalue weighted by Crippen LogP contribution is -2.39. The number of carbonyl (C=O) groups excluding carboxylic acids is 1. The number of piperidine rings is 1. The van der Waals surface area contributed by atoms with Gasteiger partial charge in [0.25, 0.3) is 0 Å². The van der Waals surface area contributed by atoms with Crippen molar-refractivity contribution in [2.75, 3.05) is 32.1 Å². The van der Waals surface area contributed by atoms with E-state index in [0.29, 0.717) is 23.9 Å². The lowest BCUT2D eigenvalue weighted by atomic mass is 9.89. The third-order valence-electron chi connectivity index (χ3n) is 5.86. The molecule has 1 aliphatic rings. The van der Waals surface area contributed by atoms with Gasteiger partial charge >= 0.3 is 0 Å². The van der Waals surface area contributed by atoms with E-state index in [1.807, 2.05) is 71.3 Å². The van der Waals surface area contributed by atoms with Gasteiger partial charge in [0.15, 0.2) is 0 Å². The Kier molecular flexibility index (Phi) is 7.05. The van der Waals surface area contributed by atoms with Crippen molar-refractivity contribution in [2.45, 2.75) is 38.1 Å². The molecule has 7 nitrogen and oxygen atoms in total. The predicted molar refractivity (Wildman–Crippen MR) is 127 cm³/mol. The van der Waals surface area contributed by atoms with Crippen molar-refractivity contribution in [2.24, 2.45) is 0 Å². The fraction of sp³-hybridized carbons (Fsp3) is 0.417. The molecule has 32 heavy (non-hydrogen) atoms. The third-order valence-corrected chi connectivity index (χ3v) is 6.11. The number of hydrogen-bond acceptors (Lipinski definition) is 5. The maximum absolute atomic E-state index is 12.9. The molecule has 0 unspecified atom stereocenters. The van der Waals surface area contributed by atoms with Gasteiger partial charge in [-0.3, -0.25) is 9.48 Å². The monoisotopic (exact) mass is 452 g/mol. The van der Waals surface area contributed by atoms with Gasteiger partial charge in [-0.15, -0.1) is 0 Å². The van der Waals surface area contributed by atoms with E-state index in [1.165, 1.54) is 0 Å². The number of likely N-dealkylation sites (tertiary alicyclic amines) is 1. The molecule has 8 heteroatoms. The van der Waals surface area contributed by atoms with Crippen LogP contribution in [-0.2, 0) is 11.3 Å². The molecule has 0 saturated carbocycles. The first-order valence-corrected chi connectivity index (χ1v) is 11.4. The molecule has 0 aliphatic carbocycles. The molecule has 0 spiro atoms. The summed E-state index contributed by atoms with van der Waals surface area (Å²) in [6, 6.07) is 9.68. The second-order valence-corrected chi connectivity index (χ2v) is 8.86. The van der Waals surface area contributed by atoms with E-state index in [1.54, 1.807) is 6.20 Å². The normalized spacial score (nSPS) is 16.2. The van der Waals surface area contributed by atoms with Gasteiger partial charge in [-0.1, -0.05) is 23.7 Å². The smallest absolute Gasteiger partial charge is 0.225 e. The highest BCUT2D eigenvalue weighted by Gasteiger charge is 2.28. The number of amides is 1. The van der Waals surface area contributed by atoms with Crippen LogP contribution in [-0.4, -0.2) is 57.7 Å². The van der Waals surface area contributed by atoms with Crippen LogP contribution >= 0.6 is 11.6 Å². The Morgan fingerprint density at radius 1 is 1.25 bits per heavy atom. The lowest BCUT2D eigenvalue weighted by Gasteiger charge is -2.33. The minimum Gasteiger partial charge on any atom is -0.347 e. The third kappa shape index (κ3) is 5.27. The molecule has 0 N–H and O–H groups in total. The quantitative estimate of drug-likeness (QED) is 0.536. The molecule has 168 valence electrons. The summed E-state index contributed by atoms with van der Waals surface area (Å²) < 4.78 is 1.87. The lowest BCUT2D eigenvalue weighted by molar-refractivity contribution is -0.132. The first kappa shape index (κ1) is 22.3. The zero-order valence-corrected chi connectivity index (χ0v) is 19.4. The van der Waals surface area contributed by atoms with Crippen LogP contribution in [0.25, 0.3) is 11.1 Å². The highest BCUT2D eigenvalue weighted by atomic mass is 35.5. The number of benzene rings is 1. The molecule has 1 aliphatic heterocycles. The minimum absolute atomic E-state index is 0.172. The Morgan fingerprint density at radius 2 is 2.06 bits per heavy atom. The minimum atomic E-state index is 0.172. The van der Waals surface area contributed by atoms with Crippen LogP contribution in [0.1, 0.15) is 37.3 Å². The summed E-state index contributed by atoms with van der Waals surface area (Å²) in [7, 11) is 3.88. The number of aryl methyl sites for hydroxylation is 1. The number of halogens is 1. The highest BCUT2D eigenvalue weighted by Crippen LogP contribution is 2.34. The number of nitrogens with zero attached hydrogens (tertiary/aromatic N) is 6. The standard InChI is InChI=1S/C24H29ClN6O/c1-29(2)24-26-16-21(18-8-10-20(25)11-9-18)23(28-24)19-6-3-13-30(17-19)22(32)7-4-14-31-15-5-12-27-31/h5,8-12,15-16,19H,3-4,6-7,13-14,17H2,1-2H3/t19-/m0/s1. The molecule has 3 heterocycles. The topological polar surface area (TPSA) is 67.2 Å². The average molecular weight is 453 g/mol. The summed E-state index contributed by atoms with van der Waals surface area (Å²) in [5, 5.41) is 4.91. The second-order valence-electron chi connectivity index (χ2n) is 8.42. The van der Waals surface area contributed by atoms with Crippen LogP contribution < -0.4 is 4.90 Å². The van der Waals surface area contributed by atoms with Gasteiger partial charge in [0.05, 0.1) is 5.69 Å². The van der Waals surface area contributed by atoms with Crippen molar-refractivity contribution in [3.63, 3.8) is 0 Å². The predicted octanol–water partition coefficient (Wildman–Crippen LogP) is 4.25. The van der Waals surface area contributed by atoms with Gasteiger partial charge in [0.1, 0.15) is 0 Å². The molecule has 1 amide bonds. The number of aromatic nitrogens is 4. The van der Waals surface area contributed by atoms with Crippen molar-refractivity contribution in [3.05, 3.63) is 59.6 Å². The van der Waals surface area contributed by atoms with Crippen molar-refractivity contribution in [1.82, 2.24) is 24.6 Å². The number of rotatable bonds is 7. The van der Waals surface area contributed by atoms with Crippen molar-refractivity contribution < 1.29 is 4.79 Å². The molecule has 1 atom stereocenters. The van der Waals surface area contributed by atoms with Crippen molar-refractivity contribution >= 4 is 23.5 Å². The molecule has 2 aromatic heterocycles. The fourth-order valence-corrected chi connectivity index (χ4v) is 4.30. The van der Waals surface area contributed by atoms with Crippen LogP contribution in [0.4, 0.5) is 5.95 Å². The number of hydrogen-bond donors (Lipinski definition) is 0. The molecule has 1 saturated heterocycles. The summed E-state index contributed by atoms with van der Waals surface area (Å²) in [4.78, 5) is 26.3. The molecule has 1 aromatic carbocycles. The van der Waals surface area contributed by atoms with Crippen LogP contribution in [0.2, 0.25) is 5.02 Å². The second kappa shape index (κ2) is 10.1. The molecule has 3 aromatic rings. The number of anilines is 1. The molecule has 1 fully saturated rings. The van der Waals surface area contributed by atoms with Crippen LogP contribution in [0.15, 0.2) is 48.9 Å².